The third-order valence-corrected chi connectivity index (χ3v) is 4.56. The van der Waals surface area contributed by atoms with E-state index in [0.29, 0.717) is 12.2 Å². The minimum atomic E-state index is -4.51. The maximum atomic E-state index is 13.1. The van der Waals surface area contributed by atoms with Crippen molar-refractivity contribution in [3.8, 4) is 5.75 Å². The maximum absolute atomic E-state index is 13.1. The molecule has 0 saturated carbocycles. The highest BCUT2D eigenvalue weighted by Gasteiger charge is 2.31. The molecule has 0 amide bonds. The lowest BCUT2D eigenvalue weighted by atomic mass is 10.1. The Balaban J connectivity index is 1.95. The average Bonchev–Trinajstić information content (AvgIpc) is 2.68. The summed E-state index contributed by atoms with van der Waals surface area (Å²) in [5.74, 6) is -0.259. The van der Waals surface area contributed by atoms with Crippen LogP contribution in [0.2, 0.25) is 10.0 Å². The Kier molecular flexibility index (Phi) is 6.35. The molecule has 0 bridgehead atoms. The highest BCUT2D eigenvalue weighted by atomic mass is 35.5. The first-order chi connectivity index (χ1) is 13.7. The van der Waals surface area contributed by atoms with Crippen LogP contribution in [-0.4, -0.2) is 11.3 Å². The molecule has 0 aromatic heterocycles. The Labute approximate surface area is 175 Å². The molecule has 3 aromatic rings. The van der Waals surface area contributed by atoms with Gasteiger partial charge in [-0.25, -0.2) is 0 Å². The molecule has 0 heterocycles. The van der Waals surface area contributed by atoms with Gasteiger partial charge in [-0.1, -0.05) is 53.5 Å². The summed E-state index contributed by atoms with van der Waals surface area (Å²) in [6.07, 6.45) is -3.29. The van der Waals surface area contributed by atoms with Crippen LogP contribution in [0, 0.1) is 0 Å². The van der Waals surface area contributed by atoms with Crippen LogP contribution >= 0.6 is 23.2 Å². The van der Waals surface area contributed by atoms with Crippen LogP contribution in [0.15, 0.2) is 65.7 Å². The topological polar surface area (TPSA) is 44.6 Å². The predicted octanol–water partition coefficient (Wildman–Crippen LogP) is 7.08. The van der Waals surface area contributed by atoms with Crippen LogP contribution in [0.4, 0.5) is 24.5 Å². The Morgan fingerprint density at radius 1 is 1.00 bits per heavy atom. The molecule has 0 spiro atoms. The van der Waals surface area contributed by atoms with Crippen molar-refractivity contribution in [3.05, 3.63) is 87.4 Å². The van der Waals surface area contributed by atoms with Gasteiger partial charge in [-0.2, -0.15) is 13.2 Å². The third kappa shape index (κ3) is 5.43. The molecule has 2 N–H and O–H groups in total. The number of phenolic OH excluding ortho intramolecular Hbond substituents is 1. The number of aliphatic imine (C=N–C) groups is 1. The number of aromatic hydroxyl groups is 1. The predicted molar refractivity (Wildman–Crippen MR) is 111 cm³/mol. The van der Waals surface area contributed by atoms with E-state index in [4.69, 9.17) is 23.2 Å². The Bertz CT molecular complexity index is 1040. The van der Waals surface area contributed by atoms with Gasteiger partial charge in [-0.3, -0.25) is 4.99 Å². The van der Waals surface area contributed by atoms with E-state index < -0.39 is 11.7 Å². The van der Waals surface area contributed by atoms with Crippen LogP contribution in [0.1, 0.15) is 16.7 Å². The Hall–Kier alpha value is -2.70. The highest BCUT2D eigenvalue weighted by molar-refractivity contribution is 6.36. The minimum absolute atomic E-state index is 0.0189. The summed E-state index contributed by atoms with van der Waals surface area (Å²) in [5.41, 5.74) is 0.788. The number of rotatable bonds is 5. The van der Waals surface area contributed by atoms with E-state index in [1.54, 1.807) is 0 Å². The summed E-state index contributed by atoms with van der Waals surface area (Å²) >= 11 is 11.8. The zero-order chi connectivity index (χ0) is 21.0. The monoisotopic (exact) mass is 438 g/mol. The molecule has 3 rings (SSSR count). The van der Waals surface area contributed by atoms with E-state index in [9.17, 15) is 18.3 Å². The number of phenols is 1. The number of nitrogens with one attached hydrogen (secondary N) is 1. The molecule has 29 heavy (non-hydrogen) atoms. The van der Waals surface area contributed by atoms with Gasteiger partial charge >= 0.3 is 6.18 Å². The second-order valence-electron chi connectivity index (χ2n) is 6.15. The summed E-state index contributed by atoms with van der Waals surface area (Å²) in [7, 11) is 0. The number of halogens is 5. The largest absolute Gasteiger partial charge is 0.506 e. The summed E-state index contributed by atoms with van der Waals surface area (Å²) in [6.45, 7) is 0.406. The van der Waals surface area contributed by atoms with Gasteiger partial charge in [-0.15, -0.1) is 0 Å². The van der Waals surface area contributed by atoms with Crippen molar-refractivity contribution in [1.29, 1.82) is 0 Å². The molecule has 150 valence electrons. The molecular formula is C21H15Cl2F3N2O. The quantitative estimate of drug-likeness (QED) is 0.418. The Morgan fingerprint density at radius 3 is 2.41 bits per heavy atom. The summed E-state index contributed by atoms with van der Waals surface area (Å²) in [5, 5.41) is 13.4. The first kappa shape index (κ1) is 21.0. The highest BCUT2D eigenvalue weighted by Crippen LogP contribution is 2.36. The average molecular weight is 439 g/mol. The molecule has 0 unspecified atom stereocenters. The molecule has 0 saturated heterocycles. The van der Waals surface area contributed by atoms with E-state index in [-0.39, 0.29) is 27.0 Å². The molecule has 0 aliphatic carbocycles. The van der Waals surface area contributed by atoms with E-state index in [0.717, 1.165) is 17.7 Å². The van der Waals surface area contributed by atoms with Crippen molar-refractivity contribution in [2.75, 3.05) is 5.32 Å². The minimum Gasteiger partial charge on any atom is -0.506 e. The fourth-order valence-electron chi connectivity index (χ4n) is 2.58. The summed E-state index contributed by atoms with van der Waals surface area (Å²) < 4.78 is 39.4. The van der Waals surface area contributed by atoms with Gasteiger partial charge in [0.2, 0.25) is 0 Å². The zero-order valence-corrected chi connectivity index (χ0v) is 16.4. The smallest absolute Gasteiger partial charge is 0.416 e. The van der Waals surface area contributed by atoms with E-state index in [1.165, 1.54) is 24.4 Å². The normalized spacial score (nSPS) is 11.8. The lowest BCUT2D eigenvalue weighted by Gasteiger charge is -2.13. The zero-order valence-electron chi connectivity index (χ0n) is 14.8. The molecule has 8 heteroatoms. The number of nitrogens with zero attached hydrogens (tertiary/aromatic N) is 1. The van der Waals surface area contributed by atoms with Crippen molar-refractivity contribution < 1.29 is 18.3 Å². The Morgan fingerprint density at radius 2 is 1.72 bits per heavy atom. The van der Waals surface area contributed by atoms with Crippen LogP contribution in [-0.2, 0) is 12.7 Å². The lowest BCUT2D eigenvalue weighted by Crippen LogP contribution is -2.06. The van der Waals surface area contributed by atoms with Crippen molar-refractivity contribution in [1.82, 2.24) is 0 Å². The molecule has 3 aromatic carbocycles. The van der Waals surface area contributed by atoms with Crippen LogP contribution < -0.4 is 5.32 Å². The van der Waals surface area contributed by atoms with Crippen molar-refractivity contribution in [2.24, 2.45) is 4.99 Å². The van der Waals surface area contributed by atoms with Gasteiger partial charge in [-0.05, 0) is 35.9 Å². The summed E-state index contributed by atoms with van der Waals surface area (Å²) in [4.78, 5) is 4.14. The first-order valence-electron chi connectivity index (χ1n) is 8.45. The van der Waals surface area contributed by atoms with Crippen molar-refractivity contribution >= 4 is 40.8 Å². The van der Waals surface area contributed by atoms with Crippen LogP contribution in [0.25, 0.3) is 0 Å². The van der Waals surface area contributed by atoms with Crippen molar-refractivity contribution in [3.63, 3.8) is 0 Å². The van der Waals surface area contributed by atoms with Gasteiger partial charge in [0.05, 0.1) is 22.0 Å². The van der Waals surface area contributed by atoms with Crippen molar-refractivity contribution in [2.45, 2.75) is 12.7 Å². The number of alkyl halides is 3. The maximum Gasteiger partial charge on any atom is 0.416 e. The van der Waals surface area contributed by atoms with Gasteiger partial charge in [0.1, 0.15) is 5.75 Å². The molecule has 0 atom stereocenters. The molecule has 0 radical (unpaired) electrons. The fraction of sp³-hybridized carbons (Fsp3) is 0.0952. The van der Waals surface area contributed by atoms with Gasteiger partial charge < -0.3 is 10.4 Å². The fourth-order valence-corrected chi connectivity index (χ4v) is 3.09. The first-order valence-corrected chi connectivity index (χ1v) is 9.21. The number of anilines is 1. The van der Waals surface area contributed by atoms with Crippen LogP contribution in [0.5, 0.6) is 5.75 Å². The molecule has 0 aliphatic rings. The third-order valence-electron chi connectivity index (χ3n) is 4.05. The van der Waals surface area contributed by atoms with Gasteiger partial charge in [0.15, 0.2) is 0 Å². The lowest BCUT2D eigenvalue weighted by molar-refractivity contribution is -0.137. The number of benzene rings is 3. The second-order valence-corrected chi connectivity index (χ2v) is 7.00. The van der Waals surface area contributed by atoms with E-state index in [2.05, 4.69) is 10.3 Å². The second kappa shape index (κ2) is 8.76. The summed E-state index contributed by atoms with van der Waals surface area (Å²) in [6, 6.07) is 15.4. The number of hydrogen-bond donors (Lipinski definition) is 2. The van der Waals surface area contributed by atoms with Gasteiger partial charge in [0.25, 0.3) is 0 Å². The standard InChI is InChI=1S/C21H15Cl2F3N2O/c22-16-8-14(20(29)17(23)10-16)12-28-19-9-15(21(24,25)26)6-7-18(19)27-11-13-4-2-1-3-5-13/h1-10,12,27,29H,11H2. The van der Waals surface area contributed by atoms with E-state index in [1.807, 2.05) is 30.3 Å². The van der Waals surface area contributed by atoms with Crippen LogP contribution in [0.3, 0.4) is 0 Å². The van der Waals surface area contributed by atoms with Gasteiger partial charge in [0, 0.05) is 23.3 Å². The molecular weight excluding hydrogens is 424 g/mol. The number of hydrogen-bond acceptors (Lipinski definition) is 3. The molecule has 3 nitrogen and oxygen atoms in total. The van der Waals surface area contributed by atoms with E-state index >= 15 is 0 Å². The molecule has 0 aliphatic heterocycles. The molecule has 0 fully saturated rings. The SMILES string of the molecule is Oc1c(Cl)cc(Cl)cc1C=Nc1cc(C(F)(F)F)ccc1NCc1ccccc1.